The number of esters is 1. The van der Waals surface area contributed by atoms with E-state index in [4.69, 9.17) is 16.3 Å². The summed E-state index contributed by atoms with van der Waals surface area (Å²) in [5.74, 6) is -1.91. The van der Waals surface area contributed by atoms with Crippen molar-refractivity contribution >= 4 is 29.2 Å². The highest BCUT2D eigenvalue weighted by Crippen LogP contribution is 2.20. The molecule has 0 spiro atoms. The number of carbonyl (C=O) groups excluding carboxylic acids is 2. The average Bonchev–Trinajstić information content (AvgIpc) is 2.53. The molecule has 0 unspecified atom stereocenters. The zero-order valence-corrected chi connectivity index (χ0v) is 14.1. The molecule has 0 bridgehead atoms. The zero-order valence-electron chi connectivity index (χ0n) is 13.3. The number of amides is 1. The van der Waals surface area contributed by atoms with E-state index in [0.29, 0.717) is 11.6 Å². The topological polar surface area (TPSA) is 55.4 Å². The number of benzene rings is 2. The highest BCUT2D eigenvalue weighted by Gasteiger charge is 2.18. The third-order valence-electron chi connectivity index (χ3n) is 3.36. The van der Waals surface area contributed by atoms with Gasteiger partial charge in [-0.2, -0.15) is 0 Å². The van der Waals surface area contributed by atoms with Gasteiger partial charge in [0.1, 0.15) is 11.4 Å². The molecule has 0 heterocycles. The average molecular weight is 350 g/mol. The summed E-state index contributed by atoms with van der Waals surface area (Å²) >= 11 is 5.77. The normalized spacial score (nSPS) is 10.5. The molecular formula is C18H17ClFNO3. The summed E-state index contributed by atoms with van der Waals surface area (Å²) in [6, 6.07) is 11.2. The van der Waals surface area contributed by atoms with Crippen molar-refractivity contribution in [2.75, 3.05) is 11.9 Å². The Morgan fingerprint density at radius 3 is 2.42 bits per heavy atom. The van der Waals surface area contributed by atoms with Gasteiger partial charge >= 0.3 is 5.97 Å². The van der Waals surface area contributed by atoms with Crippen molar-refractivity contribution in [2.24, 2.45) is 0 Å². The van der Waals surface area contributed by atoms with Crippen LogP contribution in [0.3, 0.4) is 0 Å². The first kappa shape index (κ1) is 17.9. The highest BCUT2D eigenvalue weighted by atomic mass is 35.5. The Bertz CT molecular complexity index is 724. The Kier molecular flexibility index (Phi) is 5.93. The van der Waals surface area contributed by atoms with E-state index in [9.17, 15) is 14.0 Å². The highest BCUT2D eigenvalue weighted by molar-refractivity contribution is 6.33. The van der Waals surface area contributed by atoms with E-state index in [-0.39, 0.29) is 10.6 Å². The van der Waals surface area contributed by atoms with Gasteiger partial charge in [0.05, 0.1) is 5.02 Å². The van der Waals surface area contributed by atoms with Crippen LogP contribution in [0.25, 0.3) is 0 Å². The quantitative estimate of drug-likeness (QED) is 0.814. The third kappa shape index (κ3) is 4.55. The predicted octanol–water partition coefficient (Wildman–Crippen LogP) is 4.40. The van der Waals surface area contributed by atoms with Crippen LogP contribution in [-0.2, 0) is 9.53 Å². The van der Waals surface area contributed by atoms with E-state index in [1.807, 2.05) is 12.1 Å². The molecule has 0 saturated heterocycles. The van der Waals surface area contributed by atoms with E-state index in [2.05, 4.69) is 19.2 Å². The third-order valence-corrected chi connectivity index (χ3v) is 3.68. The van der Waals surface area contributed by atoms with Gasteiger partial charge in [-0.1, -0.05) is 43.6 Å². The van der Waals surface area contributed by atoms with Crippen molar-refractivity contribution in [1.29, 1.82) is 0 Å². The van der Waals surface area contributed by atoms with Crippen LogP contribution >= 0.6 is 11.6 Å². The maximum Gasteiger partial charge on any atom is 0.343 e. The molecule has 0 aliphatic rings. The van der Waals surface area contributed by atoms with E-state index < -0.39 is 24.3 Å². The first-order valence-corrected chi connectivity index (χ1v) is 7.77. The van der Waals surface area contributed by atoms with Crippen LogP contribution in [-0.4, -0.2) is 18.5 Å². The molecule has 2 rings (SSSR count). The number of rotatable bonds is 5. The van der Waals surface area contributed by atoms with Gasteiger partial charge in [-0.3, -0.25) is 4.79 Å². The minimum absolute atomic E-state index is 0.0651. The fraction of sp³-hybridized carbons (Fsp3) is 0.222. The summed E-state index contributed by atoms with van der Waals surface area (Å²) < 4.78 is 18.4. The number of anilines is 1. The van der Waals surface area contributed by atoms with Crippen molar-refractivity contribution in [3.8, 4) is 0 Å². The lowest BCUT2D eigenvalue weighted by atomic mass is 10.0. The molecule has 0 radical (unpaired) electrons. The molecule has 2 aromatic rings. The molecule has 4 nitrogen and oxygen atoms in total. The van der Waals surface area contributed by atoms with Gasteiger partial charge < -0.3 is 10.1 Å². The van der Waals surface area contributed by atoms with Gasteiger partial charge in [-0.05, 0) is 35.7 Å². The monoisotopic (exact) mass is 349 g/mol. The molecule has 1 amide bonds. The van der Waals surface area contributed by atoms with E-state index in [0.717, 1.165) is 11.6 Å². The van der Waals surface area contributed by atoms with Crippen LogP contribution in [0.1, 0.15) is 35.7 Å². The van der Waals surface area contributed by atoms with Gasteiger partial charge in [0.25, 0.3) is 5.91 Å². The lowest BCUT2D eigenvalue weighted by molar-refractivity contribution is -0.119. The molecule has 1 N–H and O–H groups in total. The van der Waals surface area contributed by atoms with Gasteiger partial charge in [-0.15, -0.1) is 0 Å². The van der Waals surface area contributed by atoms with Crippen LogP contribution in [0, 0.1) is 5.82 Å². The zero-order chi connectivity index (χ0) is 17.7. The molecule has 6 heteroatoms. The molecule has 0 fully saturated rings. The second-order valence-electron chi connectivity index (χ2n) is 5.50. The maximum absolute atomic E-state index is 13.6. The lowest BCUT2D eigenvalue weighted by Gasteiger charge is -2.09. The second kappa shape index (κ2) is 7.93. The van der Waals surface area contributed by atoms with Crippen LogP contribution in [0.4, 0.5) is 10.1 Å². The fourth-order valence-corrected chi connectivity index (χ4v) is 2.28. The summed E-state index contributed by atoms with van der Waals surface area (Å²) in [5.41, 5.74) is 1.35. The van der Waals surface area contributed by atoms with Crippen LogP contribution in [0.2, 0.25) is 5.02 Å². The summed E-state index contributed by atoms with van der Waals surface area (Å²) in [5, 5.41) is 2.54. The standard InChI is InChI=1S/C18H17ClFNO3/c1-11(2)12-6-8-13(9-7-12)21-16(22)10-24-18(23)17-14(19)4-3-5-15(17)20/h3-9,11H,10H2,1-2H3,(H,21,22). The Labute approximate surface area is 144 Å². The summed E-state index contributed by atoms with van der Waals surface area (Å²) in [7, 11) is 0. The number of nitrogens with one attached hydrogen (secondary N) is 1. The van der Waals surface area contributed by atoms with Crippen LogP contribution in [0.5, 0.6) is 0 Å². The van der Waals surface area contributed by atoms with Gasteiger partial charge in [0.2, 0.25) is 0 Å². The summed E-state index contributed by atoms with van der Waals surface area (Å²) in [6.45, 7) is 3.61. The number of halogens is 2. The molecular weight excluding hydrogens is 333 g/mol. The summed E-state index contributed by atoms with van der Waals surface area (Å²) in [4.78, 5) is 23.7. The van der Waals surface area contributed by atoms with E-state index in [1.165, 1.54) is 12.1 Å². The first-order chi connectivity index (χ1) is 11.4. The SMILES string of the molecule is CC(C)c1ccc(NC(=O)COC(=O)c2c(F)cccc2Cl)cc1. The number of ether oxygens (including phenoxy) is 1. The van der Waals surface area contributed by atoms with Gasteiger partial charge in [0, 0.05) is 5.69 Å². The molecule has 24 heavy (non-hydrogen) atoms. The number of carbonyl (C=O) groups is 2. The Hall–Kier alpha value is -2.40. The largest absolute Gasteiger partial charge is 0.452 e. The van der Waals surface area contributed by atoms with Crippen LogP contribution in [0.15, 0.2) is 42.5 Å². The fourth-order valence-electron chi connectivity index (χ4n) is 2.04. The predicted molar refractivity (Wildman–Crippen MR) is 90.9 cm³/mol. The van der Waals surface area contributed by atoms with Crippen molar-refractivity contribution in [3.05, 3.63) is 64.4 Å². The first-order valence-electron chi connectivity index (χ1n) is 7.39. The smallest absolute Gasteiger partial charge is 0.343 e. The van der Waals surface area contributed by atoms with Gasteiger partial charge in [-0.25, -0.2) is 9.18 Å². The Morgan fingerprint density at radius 2 is 1.83 bits per heavy atom. The maximum atomic E-state index is 13.6. The second-order valence-corrected chi connectivity index (χ2v) is 5.90. The molecule has 2 aromatic carbocycles. The van der Waals surface area contributed by atoms with E-state index in [1.54, 1.807) is 12.1 Å². The molecule has 0 aromatic heterocycles. The summed E-state index contributed by atoms with van der Waals surface area (Å²) in [6.07, 6.45) is 0. The van der Waals surface area contributed by atoms with Crippen molar-refractivity contribution in [2.45, 2.75) is 19.8 Å². The lowest BCUT2D eigenvalue weighted by Crippen LogP contribution is -2.21. The van der Waals surface area contributed by atoms with Gasteiger partial charge in [0.15, 0.2) is 6.61 Å². The van der Waals surface area contributed by atoms with Crippen molar-refractivity contribution in [3.63, 3.8) is 0 Å². The van der Waals surface area contributed by atoms with Crippen molar-refractivity contribution in [1.82, 2.24) is 0 Å². The molecule has 0 atom stereocenters. The molecule has 0 aliphatic carbocycles. The number of hydrogen-bond acceptors (Lipinski definition) is 3. The minimum atomic E-state index is -0.983. The molecule has 0 aliphatic heterocycles. The van der Waals surface area contributed by atoms with Crippen LogP contribution < -0.4 is 5.32 Å². The molecule has 126 valence electrons. The Morgan fingerprint density at radius 1 is 1.17 bits per heavy atom. The number of hydrogen-bond donors (Lipinski definition) is 1. The van der Waals surface area contributed by atoms with E-state index >= 15 is 0 Å². The van der Waals surface area contributed by atoms with Crippen molar-refractivity contribution < 1.29 is 18.7 Å². The Balaban J connectivity index is 1.92. The minimum Gasteiger partial charge on any atom is -0.452 e. The molecule has 0 saturated carbocycles.